The number of hydrogen-bond donors (Lipinski definition) is 3. The highest BCUT2D eigenvalue weighted by Gasteiger charge is 2.70. The highest BCUT2D eigenvalue weighted by Crippen LogP contribution is 2.68. The van der Waals surface area contributed by atoms with Crippen LogP contribution in [-0.2, 0) is 19.2 Å². The summed E-state index contributed by atoms with van der Waals surface area (Å²) in [6, 6.07) is 9.65. The number of aliphatic carboxylic acids is 1. The van der Waals surface area contributed by atoms with E-state index in [0.717, 1.165) is 31.7 Å². The Hall–Kier alpha value is -4.17. The van der Waals surface area contributed by atoms with Crippen molar-refractivity contribution in [3.8, 4) is 11.5 Å². The first-order valence-corrected chi connectivity index (χ1v) is 18.1. The Morgan fingerprint density at radius 1 is 1.04 bits per heavy atom. The van der Waals surface area contributed by atoms with Crippen LogP contribution in [0.25, 0.3) is 0 Å². The summed E-state index contributed by atoms with van der Waals surface area (Å²) < 4.78 is 25.1. The number of fused-ring (bicyclic) bond motifs is 9. The van der Waals surface area contributed by atoms with Gasteiger partial charge in [-0.25, -0.2) is 9.18 Å². The Morgan fingerprint density at radius 2 is 1.76 bits per heavy atom. The molecule has 3 fully saturated rings. The lowest BCUT2D eigenvalue weighted by atomic mass is 9.68. The van der Waals surface area contributed by atoms with Crippen molar-refractivity contribution in [1.82, 2.24) is 9.88 Å². The van der Waals surface area contributed by atoms with Crippen LogP contribution in [0.4, 0.5) is 10.1 Å². The van der Waals surface area contributed by atoms with Gasteiger partial charge in [0.15, 0.2) is 18.1 Å². The molecule has 11 nitrogen and oxygen atoms in total. The zero-order valence-corrected chi connectivity index (χ0v) is 28.6. The number of ether oxygens (including phenoxy) is 2. The van der Waals surface area contributed by atoms with Crippen molar-refractivity contribution in [2.24, 2.45) is 35.5 Å². The molecule has 3 amide bonds. The van der Waals surface area contributed by atoms with Crippen molar-refractivity contribution in [1.29, 1.82) is 0 Å². The van der Waals surface area contributed by atoms with Gasteiger partial charge in [-0.15, -0.1) is 11.8 Å². The number of benzene rings is 2. The molecule has 2 aromatic carbocycles. The maximum absolute atomic E-state index is 14.0. The smallest absolute Gasteiger partial charge is 0.326 e. The van der Waals surface area contributed by atoms with Crippen molar-refractivity contribution in [3.63, 3.8) is 0 Å². The summed E-state index contributed by atoms with van der Waals surface area (Å²) in [6.45, 7) is 5.57. The number of nitrogens with one attached hydrogen (secondary N) is 2. The molecule has 0 spiro atoms. The summed E-state index contributed by atoms with van der Waals surface area (Å²) in [6.07, 6.45) is 0.857. The lowest BCUT2D eigenvalue weighted by molar-refractivity contribution is -0.156. The Morgan fingerprint density at radius 3 is 2.43 bits per heavy atom. The van der Waals surface area contributed by atoms with Gasteiger partial charge in [0.25, 0.3) is 5.91 Å². The van der Waals surface area contributed by atoms with Gasteiger partial charge in [-0.2, -0.15) is 0 Å². The molecule has 49 heavy (non-hydrogen) atoms. The maximum atomic E-state index is 14.0. The summed E-state index contributed by atoms with van der Waals surface area (Å²) in [5.74, 6) is -3.99. The van der Waals surface area contributed by atoms with Crippen molar-refractivity contribution in [2.75, 3.05) is 18.5 Å². The van der Waals surface area contributed by atoms with E-state index in [1.54, 1.807) is 17.8 Å². The molecule has 7 rings (SSSR count). The fourth-order valence-corrected chi connectivity index (χ4v) is 11.4. The second-order valence-corrected chi connectivity index (χ2v) is 15.7. The van der Waals surface area contributed by atoms with Gasteiger partial charge < -0.3 is 24.9 Å². The molecule has 3 heterocycles. The molecule has 258 valence electrons. The Balaban J connectivity index is 1.19. The van der Waals surface area contributed by atoms with Crippen LogP contribution in [0.1, 0.15) is 50.0 Å². The summed E-state index contributed by atoms with van der Waals surface area (Å²) in [7, 11) is 0. The first-order valence-electron chi connectivity index (χ1n) is 16.4. The van der Waals surface area contributed by atoms with Crippen LogP contribution in [0.15, 0.2) is 52.3 Å². The minimum atomic E-state index is -1.20. The van der Waals surface area contributed by atoms with E-state index in [4.69, 9.17) is 9.47 Å². The maximum Gasteiger partial charge on any atom is 0.326 e. The molecule has 2 aliphatic carbocycles. The number of carboxylic acids is 1. The number of H-pyrrole nitrogens is 1. The third-order valence-corrected chi connectivity index (χ3v) is 12.8. The number of anilines is 1. The molecule has 2 saturated carbocycles. The Labute approximate surface area is 289 Å². The van der Waals surface area contributed by atoms with E-state index < -0.39 is 41.5 Å². The fourth-order valence-electron chi connectivity index (χ4n) is 8.46. The standard InChI is InChI=1S/C35H36FN3O8S2/c1-4-46-23-12-16(5-10-22(23)47-14-24(40)37-18-8-6-17(36)7-9-18)25-26-19-13-20(29(26)48-31-30(25)49-35(45)38-31)28-27(19)32(41)39(33(28)42)21(34(43)44)11-15(2)3/h5-10,12,15,19-21,25-29H,4,11,13-14H2,1-3H3,(H,37,40)(H,38,45)(H,43,44)/t19?,20?,21?,25-,26?,27?,28?,29?/m1/s1. The van der Waals surface area contributed by atoms with Gasteiger partial charge in [0, 0.05) is 21.7 Å². The van der Waals surface area contributed by atoms with Crippen molar-refractivity contribution >= 4 is 52.5 Å². The molecule has 8 atom stereocenters. The number of imide groups is 1. The van der Waals surface area contributed by atoms with Gasteiger partial charge >= 0.3 is 10.8 Å². The lowest BCUT2D eigenvalue weighted by Gasteiger charge is -2.43. The average Bonchev–Trinajstić information content (AvgIpc) is 3.79. The van der Waals surface area contributed by atoms with E-state index in [9.17, 15) is 33.5 Å². The molecule has 2 bridgehead atoms. The predicted octanol–water partition coefficient (Wildman–Crippen LogP) is 4.96. The molecule has 3 N–H and O–H groups in total. The second kappa shape index (κ2) is 12.9. The lowest BCUT2D eigenvalue weighted by Crippen LogP contribution is -2.47. The largest absolute Gasteiger partial charge is 0.490 e. The normalized spacial score (nSPS) is 27.1. The zero-order chi connectivity index (χ0) is 34.7. The van der Waals surface area contributed by atoms with Crippen LogP contribution >= 0.6 is 23.1 Å². The summed E-state index contributed by atoms with van der Waals surface area (Å²) in [5.41, 5.74) is 1.28. The number of likely N-dealkylation sites (tertiary alicyclic amines) is 1. The topological polar surface area (TPSA) is 155 Å². The molecular formula is C35H36FN3O8S2. The molecule has 1 saturated heterocycles. The summed E-state index contributed by atoms with van der Waals surface area (Å²) >= 11 is 2.69. The SMILES string of the molecule is CCOc1cc([C@H]2c3sc(=O)[nH]c3SC3C4CC(C5C(=O)N(C(CC(C)C)C(=O)O)C(=O)C45)C32)ccc1OCC(=O)Nc1ccc(F)cc1. The van der Waals surface area contributed by atoms with Gasteiger partial charge in [0.2, 0.25) is 11.8 Å². The highest BCUT2D eigenvalue weighted by molar-refractivity contribution is 8.00. The van der Waals surface area contributed by atoms with Gasteiger partial charge in [-0.05, 0) is 85.4 Å². The van der Waals surface area contributed by atoms with E-state index in [2.05, 4.69) is 10.3 Å². The third kappa shape index (κ3) is 5.82. The zero-order valence-electron chi connectivity index (χ0n) is 27.0. The molecule has 0 radical (unpaired) electrons. The van der Waals surface area contributed by atoms with Crippen LogP contribution in [0.3, 0.4) is 0 Å². The van der Waals surface area contributed by atoms with Crippen LogP contribution in [-0.4, -0.2) is 63.2 Å². The minimum Gasteiger partial charge on any atom is -0.490 e. The fraction of sp³-hybridized carbons (Fsp3) is 0.457. The van der Waals surface area contributed by atoms with Crippen molar-refractivity contribution in [2.45, 2.75) is 55.8 Å². The molecule has 2 aliphatic heterocycles. The number of thioether (sulfide) groups is 1. The molecule has 14 heteroatoms. The first-order chi connectivity index (χ1) is 23.5. The third-order valence-electron chi connectivity index (χ3n) is 10.2. The van der Waals surface area contributed by atoms with Gasteiger partial charge in [-0.1, -0.05) is 31.3 Å². The van der Waals surface area contributed by atoms with Gasteiger partial charge in [0.05, 0.1) is 23.5 Å². The van der Waals surface area contributed by atoms with E-state index in [1.807, 2.05) is 32.9 Å². The Bertz CT molecular complexity index is 1880. The number of carbonyl (C=O) groups excluding carboxylic acids is 3. The summed E-state index contributed by atoms with van der Waals surface area (Å²) in [5, 5.41) is 13.4. The number of thiazole rings is 1. The van der Waals surface area contributed by atoms with Crippen molar-refractivity contribution in [3.05, 3.63) is 68.4 Å². The second-order valence-electron chi connectivity index (χ2n) is 13.5. The number of rotatable bonds is 11. The average molecular weight is 710 g/mol. The number of halogens is 1. The molecule has 1 aromatic heterocycles. The molecular weight excluding hydrogens is 674 g/mol. The Kier molecular flexibility index (Phi) is 8.80. The highest BCUT2D eigenvalue weighted by atomic mass is 32.2. The number of aromatic nitrogens is 1. The minimum absolute atomic E-state index is 0.0233. The van der Waals surface area contributed by atoms with Crippen LogP contribution in [0.2, 0.25) is 0 Å². The number of carboxylic acid groups (broad SMARTS) is 1. The van der Waals surface area contributed by atoms with E-state index >= 15 is 0 Å². The number of nitrogens with zero attached hydrogens (tertiary/aromatic N) is 1. The van der Waals surface area contributed by atoms with Crippen LogP contribution in [0, 0.1) is 41.3 Å². The van der Waals surface area contributed by atoms with Crippen LogP contribution < -0.4 is 19.7 Å². The quantitative estimate of drug-likeness (QED) is 0.234. The van der Waals surface area contributed by atoms with E-state index in [-0.39, 0.29) is 58.6 Å². The van der Waals surface area contributed by atoms with Gasteiger partial charge in [0.1, 0.15) is 11.9 Å². The van der Waals surface area contributed by atoms with E-state index in [1.165, 1.54) is 24.3 Å². The van der Waals surface area contributed by atoms with Crippen LogP contribution in [0.5, 0.6) is 11.5 Å². The number of aromatic amines is 1. The van der Waals surface area contributed by atoms with E-state index in [0.29, 0.717) is 30.2 Å². The number of amides is 3. The molecule has 7 unspecified atom stereocenters. The first kappa shape index (κ1) is 33.3. The number of carbonyl (C=O) groups is 4. The van der Waals surface area contributed by atoms with Gasteiger partial charge in [-0.3, -0.25) is 24.1 Å². The van der Waals surface area contributed by atoms with Crippen molar-refractivity contribution < 1.29 is 38.1 Å². The molecule has 3 aromatic rings. The number of hydrogen-bond acceptors (Lipinski definition) is 9. The molecule has 4 aliphatic rings. The monoisotopic (exact) mass is 709 g/mol. The summed E-state index contributed by atoms with van der Waals surface area (Å²) in [4.78, 5) is 70.2. The predicted molar refractivity (Wildman–Crippen MR) is 179 cm³/mol.